The van der Waals surface area contributed by atoms with Gasteiger partial charge in [0.1, 0.15) is 11.5 Å². The molecule has 0 bridgehead atoms. The lowest BCUT2D eigenvalue weighted by Gasteiger charge is -2.38. The van der Waals surface area contributed by atoms with E-state index in [1.54, 1.807) is 158 Å². The number of sulfonamides is 2. The highest BCUT2D eigenvalue weighted by Crippen LogP contribution is 2.31. The standard InChI is InChI=1S/C49H50N6O8S2/c1-62-44-15-11-38(12-16-44)48(56)54(42-5-3-27-50-34-42)40-23-29-52(30-24-40)64(58,59)46-19-7-36(8-20-46)33-37-9-21-47(22-10-37)65(60,61)53-31-25-41(26-32-53)55(43-6-4-28-51-35-43)49(57)39-13-17-45(63-2)18-14-39/h3-22,27-28,34-35,40-41H,23-26,29-33H2,1-2H3. The Kier molecular flexibility index (Phi) is 13.7. The number of hydrogen-bond donors (Lipinski definition) is 0. The zero-order chi connectivity index (χ0) is 45.6. The molecule has 0 aliphatic carbocycles. The summed E-state index contributed by atoms with van der Waals surface area (Å²) in [5, 5.41) is 0. The number of piperidine rings is 2. The zero-order valence-electron chi connectivity index (χ0n) is 36.1. The van der Waals surface area contributed by atoms with Gasteiger partial charge in [0, 0.05) is 61.8 Å². The summed E-state index contributed by atoms with van der Waals surface area (Å²) in [6, 6.07) is 34.1. The second kappa shape index (κ2) is 19.7. The first-order valence-corrected chi connectivity index (χ1v) is 24.3. The Morgan fingerprint density at radius 3 is 1.20 bits per heavy atom. The number of hydrogen-bond acceptors (Lipinski definition) is 10. The number of ether oxygens (including phenoxy) is 2. The number of carbonyl (C=O) groups is 2. The number of rotatable bonds is 14. The van der Waals surface area contributed by atoms with Gasteiger partial charge < -0.3 is 19.3 Å². The van der Waals surface area contributed by atoms with Gasteiger partial charge >= 0.3 is 0 Å². The van der Waals surface area contributed by atoms with Gasteiger partial charge in [0.25, 0.3) is 11.8 Å². The number of nitrogens with zero attached hydrogens (tertiary/aromatic N) is 6. The van der Waals surface area contributed by atoms with Crippen molar-refractivity contribution in [2.45, 2.75) is 54.0 Å². The topological polar surface area (TPSA) is 160 Å². The summed E-state index contributed by atoms with van der Waals surface area (Å²) < 4.78 is 68.8. The zero-order valence-corrected chi connectivity index (χ0v) is 37.8. The molecular formula is C49H50N6O8S2. The van der Waals surface area contributed by atoms with Crippen LogP contribution in [0.1, 0.15) is 57.5 Å². The van der Waals surface area contributed by atoms with Gasteiger partial charge in [-0.15, -0.1) is 0 Å². The summed E-state index contributed by atoms with van der Waals surface area (Å²) >= 11 is 0. The van der Waals surface area contributed by atoms with E-state index in [1.165, 1.54) is 8.61 Å². The third-order valence-electron chi connectivity index (χ3n) is 12.1. The van der Waals surface area contributed by atoms with Gasteiger partial charge in [0.2, 0.25) is 20.0 Å². The summed E-state index contributed by atoms with van der Waals surface area (Å²) in [5.41, 5.74) is 4.00. The van der Waals surface area contributed by atoms with Crippen LogP contribution in [0.2, 0.25) is 0 Å². The predicted molar refractivity (Wildman–Crippen MR) is 247 cm³/mol. The van der Waals surface area contributed by atoms with Crippen molar-refractivity contribution in [1.29, 1.82) is 0 Å². The van der Waals surface area contributed by atoms with Gasteiger partial charge in [-0.2, -0.15) is 8.61 Å². The summed E-state index contributed by atoms with van der Waals surface area (Å²) in [7, 11) is -4.50. The molecule has 2 saturated heterocycles. The van der Waals surface area contributed by atoms with Crippen LogP contribution in [-0.2, 0) is 26.5 Å². The van der Waals surface area contributed by atoms with E-state index < -0.39 is 20.0 Å². The normalized spacial score (nSPS) is 15.5. The fourth-order valence-electron chi connectivity index (χ4n) is 8.50. The lowest BCUT2D eigenvalue weighted by molar-refractivity contribution is 0.0959. The highest BCUT2D eigenvalue weighted by molar-refractivity contribution is 7.89. The number of carbonyl (C=O) groups excluding carboxylic acids is 2. The molecule has 0 atom stereocenters. The minimum absolute atomic E-state index is 0.178. The number of methoxy groups -OCH3 is 2. The second-order valence-corrected chi connectivity index (χ2v) is 19.8. The molecule has 336 valence electrons. The Labute approximate surface area is 380 Å². The maximum Gasteiger partial charge on any atom is 0.258 e. The van der Waals surface area contributed by atoms with E-state index in [0.29, 0.717) is 66.1 Å². The smallest absolute Gasteiger partial charge is 0.258 e. The fourth-order valence-corrected chi connectivity index (χ4v) is 11.4. The first-order valence-electron chi connectivity index (χ1n) is 21.4. The van der Waals surface area contributed by atoms with E-state index >= 15 is 0 Å². The van der Waals surface area contributed by atoms with Crippen molar-refractivity contribution >= 4 is 43.2 Å². The molecule has 4 heterocycles. The average molecular weight is 915 g/mol. The summed E-state index contributed by atoms with van der Waals surface area (Å²) in [4.78, 5) is 39.9. The van der Waals surface area contributed by atoms with Crippen molar-refractivity contribution in [2.24, 2.45) is 0 Å². The van der Waals surface area contributed by atoms with Gasteiger partial charge in [0.15, 0.2) is 0 Å². The molecule has 2 aromatic heterocycles. The second-order valence-electron chi connectivity index (χ2n) is 16.0. The maximum atomic E-state index is 13.8. The van der Waals surface area contributed by atoms with Crippen molar-refractivity contribution in [2.75, 3.05) is 50.2 Å². The molecule has 2 aliphatic rings. The van der Waals surface area contributed by atoms with Gasteiger partial charge in [-0.05, 0) is 140 Å². The Morgan fingerprint density at radius 2 is 0.892 bits per heavy atom. The Bertz CT molecular complexity index is 2590. The lowest BCUT2D eigenvalue weighted by Crippen LogP contribution is -2.49. The quantitative estimate of drug-likeness (QED) is 0.111. The van der Waals surface area contributed by atoms with Crippen LogP contribution in [-0.4, -0.2) is 99.7 Å². The molecule has 16 heteroatoms. The van der Waals surface area contributed by atoms with Crippen LogP contribution in [0.5, 0.6) is 11.5 Å². The van der Waals surface area contributed by atoms with E-state index in [9.17, 15) is 26.4 Å². The molecule has 4 aromatic carbocycles. The molecule has 0 spiro atoms. The third kappa shape index (κ3) is 9.95. The largest absolute Gasteiger partial charge is 0.497 e. The fraction of sp³-hybridized carbons (Fsp3) is 0.265. The van der Waals surface area contributed by atoms with Crippen LogP contribution in [0.15, 0.2) is 156 Å². The minimum atomic E-state index is -3.81. The van der Waals surface area contributed by atoms with E-state index in [2.05, 4.69) is 9.97 Å². The molecule has 0 N–H and O–H groups in total. The van der Waals surface area contributed by atoms with Crippen LogP contribution in [0.4, 0.5) is 11.4 Å². The Hall–Kier alpha value is -6.46. The average Bonchev–Trinajstić information content (AvgIpc) is 3.35. The van der Waals surface area contributed by atoms with Gasteiger partial charge in [-0.25, -0.2) is 16.8 Å². The molecule has 2 fully saturated rings. The van der Waals surface area contributed by atoms with Gasteiger partial charge in [-0.3, -0.25) is 19.6 Å². The SMILES string of the molecule is COc1ccc(C(=O)N(c2cccnc2)C2CCN(S(=O)(=O)c3ccc(Cc4ccc(S(=O)(=O)N5CCC(N(C(=O)c6ccc(OC)cc6)c6cccnc6)CC5)cc4)cc3)CC2)cc1. The summed E-state index contributed by atoms with van der Waals surface area (Å²) in [5.74, 6) is 0.882. The van der Waals surface area contributed by atoms with Crippen molar-refractivity contribution in [3.63, 3.8) is 0 Å². The molecular weight excluding hydrogens is 865 g/mol. The molecule has 2 aliphatic heterocycles. The van der Waals surface area contributed by atoms with Crippen LogP contribution in [0.3, 0.4) is 0 Å². The third-order valence-corrected chi connectivity index (χ3v) is 15.9. The predicted octanol–water partition coefficient (Wildman–Crippen LogP) is 7.08. The number of benzene rings is 4. The molecule has 0 saturated carbocycles. The first kappa shape index (κ1) is 45.1. The van der Waals surface area contributed by atoms with Crippen LogP contribution in [0, 0.1) is 0 Å². The highest BCUT2D eigenvalue weighted by Gasteiger charge is 2.36. The van der Waals surface area contributed by atoms with Crippen LogP contribution < -0.4 is 19.3 Å². The van der Waals surface area contributed by atoms with E-state index in [1.807, 2.05) is 12.1 Å². The van der Waals surface area contributed by atoms with E-state index in [-0.39, 0.29) is 59.9 Å². The monoisotopic (exact) mass is 914 g/mol. The van der Waals surface area contributed by atoms with E-state index in [0.717, 1.165) is 11.1 Å². The number of amides is 2. The molecule has 14 nitrogen and oxygen atoms in total. The molecule has 6 aromatic rings. The Balaban J connectivity index is 0.873. The molecule has 0 unspecified atom stereocenters. The van der Waals surface area contributed by atoms with Crippen molar-refractivity contribution in [3.05, 3.63) is 168 Å². The molecule has 8 rings (SSSR count). The summed E-state index contributed by atoms with van der Waals surface area (Å²) in [6.07, 6.45) is 8.80. The highest BCUT2D eigenvalue weighted by atomic mass is 32.2. The van der Waals surface area contributed by atoms with Crippen LogP contribution in [0.25, 0.3) is 0 Å². The van der Waals surface area contributed by atoms with E-state index in [4.69, 9.17) is 9.47 Å². The van der Waals surface area contributed by atoms with Crippen molar-refractivity contribution in [1.82, 2.24) is 18.6 Å². The van der Waals surface area contributed by atoms with Crippen molar-refractivity contribution in [3.8, 4) is 11.5 Å². The number of aromatic nitrogens is 2. The van der Waals surface area contributed by atoms with Crippen molar-refractivity contribution < 1.29 is 35.9 Å². The van der Waals surface area contributed by atoms with Gasteiger partial charge in [0.05, 0.1) is 47.8 Å². The maximum absolute atomic E-state index is 13.8. The Morgan fingerprint density at radius 1 is 0.538 bits per heavy atom. The molecule has 65 heavy (non-hydrogen) atoms. The minimum Gasteiger partial charge on any atom is -0.497 e. The molecule has 0 radical (unpaired) electrons. The number of anilines is 2. The summed E-state index contributed by atoms with van der Waals surface area (Å²) in [6.45, 7) is 0.955. The first-order chi connectivity index (χ1) is 31.5. The van der Waals surface area contributed by atoms with Crippen LogP contribution >= 0.6 is 0 Å². The van der Waals surface area contributed by atoms with Gasteiger partial charge in [-0.1, -0.05) is 24.3 Å². The lowest BCUT2D eigenvalue weighted by atomic mass is 10.0. The number of pyridine rings is 2. The molecule has 2 amide bonds.